The third-order valence-electron chi connectivity index (χ3n) is 6.41. The molecule has 0 bridgehead atoms. The zero-order chi connectivity index (χ0) is 25.0. The van der Waals surface area contributed by atoms with Gasteiger partial charge in [-0.3, -0.25) is 0 Å². The van der Waals surface area contributed by atoms with E-state index in [9.17, 15) is 9.90 Å². The van der Waals surface area contributed by atoms with E-state index in [0.717, 1.165) is 56.4 Å². The maximum absolute atomic E-state index is 11.8. The molecule has 188 valence electrons. The molecular weight excluding hydrogens is 444 g/mol. The Kier molecular flexibility index (Phi) is 7.51. The highest BCUT2D eigenvalue weighted by molar-refractivity contribution is 5.93. The van der Waals surface area contributed by atoms with Crippen LogP contribution in [-0.4, -0.2) is 69.9 Å². The van der Waals surface area contributed by atoms with Gasteiger partial charge in [-0.05, 0) is 59.0 Å². The van der Waals surface area contributed by atoms with Crippen molar-refractivity contribution in [1.82, 2.24) is 30.2 Å². The van der Waals surface area contributed by atoms with Crippen LogP contribution in [0.4, 0.5) is 17.5 Å². The van der Waals surface area contributed by atoms with Crippen molar-refractivity contribution in [3.8, 4) is 0 Å². The Balaban J connectivity index is 0.000000917. The highest BCUT2D eigenvalue weighted by Crippen LogP contribution is 2.34. The summed E-state index contributed by atoms with van der Waals surface area (Å²) in [6.45, 7) is 7.22. The van der Waals surface area contributed by atoms with Gasteiger partial charge in [0.15, 0.2) is 0 Å². The molecule has 1 saturated heterocycles. The van der Waals surface area contributed by atoms with Crippen molar-refractivity contribution in [1.29, 1.82) is 0 Å². The molecule has 10 heteroatoms. The van der Waals surface area contributed by atoms with Crippen LogP contribution in [0.1, 0.15) is 56.1 Å². The molecule has 0 atom stereocenters. The molecule has 5 rings (SSSR count). The van der Waals surface area contributed by atoms with Crippen molar-refractivity contribution in [2.24, 2.45) is 0 Å². The number of anilines is 3. The molecule has 0 aromatic carbocycles. The Morgan fingerprint density at radius 3 is 2.54 bits per heavy atom. The zero-order valence-corrected chi connectivity index (χ0v) is 21.0. The first-order valence-electron chi connectivity index (χ1n) is 12.2. The molecule has 10 nitrogen and oxygen atoms in total. The molecular formula is C25H36N8O2. The zero-order valence-electron chi connectivity index (χ0n) is 21.0. The van der Waals surface area contributed by atoms with E-state index < -0.39 is 5.97 Å². The van der Waals surface area contributed by atoms with Crippen molar-refractivity contribution >= 4 is 34.5 Å². The van der Waals surface area contributed by atoms with Crippen LogP contribution in [0.2, 0.25) is 0 Å². The third-order valence-corrected chi connectivity index (χ3v) is 6.41. The van der Waals surface area contributed by atoms with Crippen LogP contribution in [0.5, 0.6) is 0 Å². The SMILES string of the molecule is CC1(C)CN(c2ccc(Nc3ncc4cc(C(=O)O)n(C5CCCC5)c4n3)nc2)CCN1.CNC. The molecule has 35 heavy (non-hydrogen) atoms. The van der Waals surface area contributed by atoms with Gasteiger partial charge >= 0.3 is 5.97 Å². The molecule has 2 fully saturated rings. The van der Waals surface area contributed by atoms with Crippen molar-refractivity contribution in [2.45, 2.75) is 51.1 Å². The Morgan fingerprint density at radius 1 is 1.17 bits per heavy atom. The Bertz CT molecular complexity index is 1150. The third kappa shape index (κ3) is 5.71. The van der Waals surface area contributed by atoms with E-state index in [1.807, 2.05) is 30.9 Å². The molecule has 0 amide bonds. The summed E-state index contributed by atoms with van der Waals surface area (Å²) in [5, 5.41) is 19.9. The number of carboxylic acid groups (broad SMARTS) is 1. The van der Waals surface area contributed by atoms with Crippen LogP contribution in [0.3, 0.4) is 0 Å². The van der Waals surface area contributed by atoms with Gasteiger partial charge in [0.05, 0.1) is 11.9 Å². The minimum absolute atomic E-state index is 0.0709. The van der Waals surface area contributed by atoms with E-state index >= 15 is 0 Å². The summed E-state index contributed by atoms with van der Waals surface area (Å²) in [6.07, 6.45) is 7.72. The Hall–Kier alpha value is -3.24. The lowest BCUT2D eigenvalue weighted by atomic mass is 10.0. The predicted molar refractivity (Wildman–Crippen MR) is 139 cm³/mol. The van der Waals surface area contributed by atoms with Crippen molar-refractivity contribution in [2.75, 3.05) is 43.9 Å². The van der Waals surface area contributed by atoms with Gasteiger partial charge in [-0.25, -0.2) is 14.8 Å². The van der Waals surface area contributed by atoms with Gasteiger partial charge < -0.3 is 30.5 Å². The van der Waals surface area contributed by atoms with Crippen LogP contribution < -0.4 is 20.9 Å². The molecule has 1 aliphatic carbocycles. The van der Waals surface area contributed by atoms with E-state index in [4.69, 9.17) is 0 Å². The highest BCUT2D eigenvalue weighted by atomic mass is 16.4. The smallest absolute Gasteiger partial charge is 0.352 e. The normalized spacial score (nSPS) is 17.8. The van der Waals surface area contributed by atoms with Gasteiger partial charge in [0, 0.05) is 42.8 Å². The van der Waals surface area contributed by atoms with Crippen molar-refractivity contribution < 1.29 is 9.90 Å². The molecule has 1 aliphatic heterocycles. The number of pyridine rings is 1. The van der Waals surface area contributed by atoms with Crippen molar-refractivity contribution in [3.05, 3.63) is 36.3 Å². The molecule has 1 saturated carbocycles. The van der Waals surface area contributed by atoms with Crippen LogP contribution >= 0.6 is 0 Å². The van der Waals surface area contributed by atoms with E-state index in [-0.39, 0.29) is 17.3 Å². The van der Waals surface area contributed by atoms with Gasteiger partial charge in [-0.1, -0.05) is 12.8 Å². The minimum atomic E-state index is -0.933. The number of nitrogens with zero attached hydrogens (tertiary/aromatic N) is 5. The van der Waals surface area contributed by atoms with Crippen LogP contribution in [0.25, 0.3) is 11.0 Å². The predicted octanol–water partition coefficient (Wildman–Crippen LogP) is 3.41. The number of piperazine rings is 1. The first kappa shape index (κ1) is 24.9. The lowest BCUT2D eigenvalue weighted by Crippen LogP contribution is -2.57. The molecule has 3 aromatic heterocycles. The standard InChI is InChI=1S/C23H29N7O2.C2H7N/c1-23(2)14-29(10-9-26-23)17-7-8-19(24-13-17)27-22-25-12-15-11-18(21(31)32)30(20(15)28-22)16-5-3-4-6-16;1-3-2/h7-8,11-13,16,26H,3-6,9-10,14H2,1-2H3,(H,31,32)(H,24,25,27,28);3H,1-2H3. The molecule has 3 aromatic rings. The summed E-state index contributed by atoms with van der Waals surface area (Å²) in [4.78, 5) is 27.8. The second kappa shape index (κ2) is 10.6. The second-order valence-corrected chi connectivity index (χ2v) is 9.87. The van der Waals surface area contributed by atoms with Crippen LogP contribution in [0, 0.1) is 0 Å². The summed E-state index contributed by atoms with van der Waals surface area (Å²) in [7, 11) is 3.75. The molecule has 2 aliphatic rings. The summed E-state index contributed by atoms with van der Waals surface area (Å²) in [5.41, 5.74) is 2.09. The number of aromatic nitrogens is 4. The van der Waals surface area contributed by atoms with E-state index in [0.29, 0.717) is 17.4 Å². The fourth-order valence-corrected chi connectivity index (χ4v) is 4.89. The summed E-state index contributed by atoms with van der Waals surface area (Å²) in [5.74, 6) is 0.132. The minimum Gasteiger partial charge on any atom is -0.477 e. The second-order valence-electron chi connectivity index (χ2n) is 9.87. The quantitative estimate of drug-likeness (QED) is 0.435. The number of nitrogens with one attached hydrogen (secondary N) is 3. The number of fused-ring (bicyclic) bond motifs is 1. The number of aromatic carboxylic acids is 1. The number of hydrogen-bond acceptors (Lipinski definition) is 8. The number of hydrogen-bond donors (Lipinski definition) is 4. The van der Waals surface area contributed by atoms with E-state index in [1.165, 1.54) is 0 Å². The number of carbonyl (C=O) groups is 1. The lowest BCUT2D eigenvalue weighted by molar-refractivity contribution is 0.0683. The maximum atomic E-state index is 11.8. The first-order chi connectivity index (χ1) is 16.8. The topological polar surface area (TPSA) is 120 Å². The van der Waals surface area contributed by atoms with Crippen molar-refractivity contribution in [3.63, 3.8) is 0 Å². The Morgan fingerprint density at radius 2 is 1.91 bits per heavy atom. The summed E-state index contributed by atoms with van der Waals surface area (Å²) in [6, 6.07) is 5.82. The molecule has 4 N–H and O–H groups in total. The molecule has 0 unspecified atom stereocenters. The van der Waals surface area contributed by atoms with Crippen LogP contribution in [-0.2, 0) is 0 Å². The monoisotopic (exact) mass is 480 g/mol. The van der Waals surface area contributed by atoms with Gasteiger partial charge in [-0.15, -0.1) is 0 Å². The fraction of sp³-hybridized carbons (Fsp3) is 0.520. The number of carboxylic acids is 1. The molecule has 4 heterocycles. The number of rotatable bonds is 5. The Labute approximate surface area is 206 Å². The van der Waals surface area contributed by atoms with Crippen LogP contribution in [0.15, 0.2) is 30.6 Å². The lowest BCUT2D eigenvalue weighted by Gasteiger charge is -2.40. The van der Waals surface area contributed by atoms with Gasteiger partial charge in [0.1, 0.15) is 17.2 Å². The van der Waals surface area contributed by atoms with Gasteiger partial charge in [-0.2, -0.15) is 4.98 Å². The maximum Gasteiger partial charge on any atom is 0.352 e. The average Bonchev–Trinajstić information content (AvgIpc) is 3.47. The first-order valence-corrected chi connectivity index (χ1v) is 12.2. The fourth-order valence-electron chi connectivity index (χ4n) is 4.89. The van der Waals surface area contributed by atoms with E-state index in [1.54, 1.807) is 12.3 Å². The average molecular weight is 481 g/mol. The van der Waals surface area contributed by atoms with Gasteiger partial charge in [0.2, 0.25) is 5.95 Å². The summed E-state index contributed by atoms with van der Waals surface area (Å²) >= 11 is 0. The highest BCUT2D eigenvalue weighted by Gasteiger charge is 2.27. The van der Waals surface area contributed by atoms with E-state index in [2.05, 4.69) is 55.7 Å². The van der Waals surface area contributed by atoms with Gasteiger partial charge in [0.25, 0.3) is 0 Å². The summed E-state index contributed by atoms with van der Waals surface area (Å²) < 4.78 is 1.88. The molecule has 0 radical (unpaired) electrons. The molecule has 0 spiro atoms. The largest absolute Gasteiger partial charge is 0.477 e.